The van der Waals surface area contributed by atoms with Gasteiger partial charge in [0.2, 0.25) is 0 Å². The van der Waals surface area contributed by atoms with Gasteiger partial charge < -0.3 is 4.90 Å². The predicted molar refractivity (Wildman–Crippen MR) is 186 cm³/mol. The number of carbonyl (C=O) groups is 4. The van der Waals surface area contributed by atoms with Crippen molar-refractivity contribution >= 4 is 57.8 Å². The lowest BCUT2D eigenvalue weighted by molar-refractivity contribution is -0.126. The van der Waals surface area contributed by atoms with Crippen LogP contribution in [0.4, 0.5) is 0 Å². The van der Waals surface area contributed by atoms with Gasteiger partial charge in [-0.15, -0.1) is 0 Å². The van der Waals surface area contributed by atoms with Gasteiger partial charge in [0.25, 0.3) is 23.0 Å². The van der Waals surface area contributed by atoms with Crippen LogP contribution < -0.4 is 22.1 Å². The van der Waals surface area contributed by atoms with Gasteiger partial charge in [0.1, 0.15) is 0 Å². The molecule has 0 radical (unpaired) electrons. The molecule has 3 amide bonds. The Bertz CT molecular complexity index is 1240. The van der Waals surface area contributed by atoms with Crippen LogP contribution in [0.1, 0.15) is 67.2 Å². The fourth-order valence-corrected chi connectivity index (χ4v) is 5.26. The highest BCUT2D eigenvalue weighted by Gasteiger charge is 2.28. The number of nitrogens with two attached hydrogens (primary N) is 1. The van der Waals surface area contributed by atoms with Crippen molar-refractivity contribution < 1.29 is 19.2 Å². The molecule has 2 heterocycles. The highest BCUT2D eigenvalue weighted by Crippen LogP contribution is 2.15. The first kappa shape index (κ1) is 41.3. The van der Waals surface area contributed by atoms with E-state index in [0.29, 0.717) is 21.2 Å². The quantitative estimate of drug-likeness (QED) is 0.145. The molecule has 4 rings (SSSR count). The van der Waals surface area contributed by atoms with Crippen molar-refractivity contribution in [2.75, 3.05) is 46.8 Å². The minimum atomic E-state index is -0.484. The molecule has 14 heteroatoms. The summed E-state index contributed by atoms with van der Waals surface area (Å²) in [6, 6.07) is 12.9. The monoisotopic (exact) mass is 699 g/mol. The number of hydrogen-bond donors (Lipinski definition) is 4. The topological polar surface area (TPSA) is 140 Å². The zero-order valence-electron chi connectivity index (χ0n) is 27.3. The van der Waals surface area contributed by atoms with Gasteiger partial charge in [0.05, 0.1) is 12.1 Å². The number of nitrogens with one attached hydrogen (secondary N) is 3. The van der Waals surface area contributed by atoms with Gasteiger partial charge >= 0.3 is 0 Å². The van der Waals surface area contributed by atoms with E-state index in [0.717, 1.165) is 38.8 Å². The Morgan fingerprint density at radius 2 is 1.24 bits per heavy atom. The Morgan fingerprint density at radius 3 is 1.59 bits per heavy atom. The van der Waals surface area contributed by atoms with Crippen molar-refractivity contribution in [3.63, 3.8) is 0 Å². The number of halogens is 3. The average Bonchev–Trinajstić information content (AvgIpc) is 3.68. The SMILES string of the molecule is CCN(CC)CC.CN1CCCC1C(=O)NN.CN1CCCC1C(=O)NNC(=O)c1cccc(Cl)c1.O=C(Cl)c1cccc(Cl)c1. The summed E-state index contributed by atoms with van der Waals surface area (Å²) in [6.45, 7) is 12.0. The third kappa shape index (κ3) is 15.2. The van der Waals surface area contributed by atoms with Crippen molar-refractivity contribution in [2.24, 2.45) is 5.84 Å². The van der Waals surface area contributed by atoms with Gasteiger partial charge in [-0.3, -0.25) is 45.3 Å². The van der Waals surface area contributed by atoms with Crippen molar-refractivity contribution in [1.82, 2.24) is 31.0 Å². The fourth-order valence-electron chi connectivity index (χ4n) is 4.76. The number of carbonyl (C=O) groups excluding carboxylic acids is 4. The standard InChI is InChI=1S/C13H16ClN3O2.C7H4Cl2O.C6H13N3O.C6H15N/c1-17-7-3-6-11(17)13(19)16-15-12(18)9-4-2-5-10(14)8-9;8-6-3-1-2-5(4-6)7(9)10;1-9-4-2-3-5(9)6(10)8-7;1-4-7(5-2)6-3/h2,4-5,8,11H,3,6-7H2,1H3,(H,15,18)(H,16,19);1-4H;5H,2-4,7H2,1H3,(H,8,10);4-6H2,1-3H3. The van der Waals surface area contributed by atoms with Crippen LogP contribution in [-0.2, 0) is 9.59 Å². The van der Waals surface area contributed by atoms with E-state index >= 15 is 0 Å². The van der Waals surface area contributed by atoms with Gasteiger partial charge in [0.15, 0.2) is 0 Å². The molecule has 46 heavy (non-hydrogen) atoms. The summed E-state index contributed by atoms with van der Waals surface area (Å²) in [5.74, 6) is 4.36. The minimum absolute atomic E-state index is 0.00463. The Labute approximate surface area is 288 Å². The molecular formula is C32H48Cl3N7O4. The Balaban J connectivity index is 0.000000334. The summed E-state index contributed by atoms with van der Waals surface area (Å²) < 4.78 is 0. The Hall–Kier alpha value is -2.77. The van der Waals surface area contributed by atoms with E-state index in [1.165, 1.54) is 25.7 Å². The third-order valence-electron chi connectivity index (χ3n) is 7.57. The Morgan fingerprint density at radius 1 is 0.783 bits per heavy atom. The molecular weight excluding hydrogens is 653 g/mol. The smallest absolute Gasteiger partial charge is 0.269 e. The van der Waals surface area contributed by atoms with Crippen LogP contribution in [-0.4, -0.2) is 96.6 Å². The maximum absolute atomic E-state index is 11.9. The molecule has 2 saturated heterocycles. The molecule has 0 aliphatic carbocycles. The normalized spacial score (nSPS) is 17.3. The van der Waals surface area contributed by atoms with Gasteiger partial charge in [0, 0.05) is 21.2 Å². The van der Waals surface area contributed by atoms with Gasteiger partial charge in [-0.25, -0.2) is 5.84 Å². The van der Waals surface area contributed by atoms with Gasteiger partial charge in [-0.05, 0) is 121 Å². The summed E-state index contributed by atoms with van der Waals surface area (Å²) in [5, 5.41) is 0.517. The molecule has 2 aromatic rings. The molecule has 2 unspecified atom stereocenters. The van der Waals surface area contributed by atoms with Crippen LogP contribution >= 0.6 is 34.8 Å². The molecule has 0 aromatic heterocycles. The highest BCUT2D eigenvalue weighted by atomic mass is 35.5. The molecule has 0 bridgehead atoms. The number of benzene rings is 2. The first-order valence-corrected chi connectivity index (χ1v) is 16.5. The van der Waals surface area contributed by atoms with Crippen molar-refractivity contribution in [3.8, 4) is 0 Å². The molecule has 0 saturated carbocycles. The lowest BCUT2D eigenvalue weighted by Crippen LogP contribution is -2.49. The van der Waals surface area contributed by atoms with E-state index in [4.69, 9.17) is 40.6 Å². The highest BCUT2D eigenvalue weighted by molar-refractivity contribution is 6.67. The second-order valence-corrected chi connectivity index (χ2v) is 11.9. The number of nitrogens with zero attached hydrogens (tertiary/aromatic N) is 3. The summed E-state index contributed by atoms with van der Waals surface area (Å²) in [4.78, 5) is 51.5. The van der Waals surface area contributed by atoms with E-state index in [2.05, 4.69) is 41.9 Å². The predicted octanol–water partition coefficient (Wildman–Crippen LogP) is 4.33. The number of hydrogen-bond acceptors (Lipinski definition) is 8. The number of likely N-dealkylation sites (N-methyl/N-ethyl adjacent to an activating group) is 2. The third-order valence-corrected chi connectivity index (χ3v) is 8.26. The van der Waals surface area contributed by atoms with Crippen molar-refractivity contribution in [3.05, 3.63) is 69.7 Å². The van der Waals surface area contributed by atoms with Crippen LogP contribution in [0.25, 0.3) is 0 Å². The lowest BCUT2D eigenvalue weighted by Gasteiger charge is -2.18. The molecule has 2 aliphatic rings. The van der Waals surface area contributed by atoms with Crippen LogP contribution in [0.2, 0.25) is 10.0 Å². The van der Waals surface area contributed by atoms with Crippen LogP contribution in [0.3, 0.4) is 0 Å². The largest absolute Gasteiger partial charge is 0.304 e. The average molecular weight is 701 g/mol. The molecule has 11 nitrogen and oxygen atoms in total. The minimum Gasteiger partial charge on any atom is -0.304 e. The van der Waals surface area contributed by atoms with Crippen LogP contribution in [0.5, 0.6) is 0 Å². The molecule has 256 valence electrons. The summed E-state index contributed by atoms with van der Waals surface area (Å²) in [5.41, 5.74) is 7.84. The van der Waals surface area contributed by atoms with Crippen molar-refractivity contribution in [1.29, 1.82) is 0 Å². The van der Waals surface area contributed by atoms with E-state index in [1.807, 2.05) is 23.9 Å². The molecule has 2 atom stereocenters. The molecule has 2 fully saturated rings. The van der Waals surface area contributed by atoms with Crippen LogP contribution in [0.15, 0.2) is 48.5 Å². The number of hydrazine groups is 2. The second kappa shape index (κ2) is 22.7. The van der Waals surface area contributed by atoms with Crippen molar-refractivity contribution in [2.45, 2.75) is 58.5 Å². The zero-order valence-corrected chi connectivity index (χ0v) is 29.6. The lowest BCUT2D eigenvalue weighted by atomic mass is 10.2. The van der Waals surface area contributed by atoms with E-state index in [1.54, 1.807) is 42.5 Å². The summed E-state index contributed by atoms with van der Waals surface area (Å²) >= 11 is 16.6. The first-order valence-electron chi connectivity index (χ1n) is 15.3. The van der Waals surface area contributed by atoms with Gasteiger partial charge in [-0.1, -0.05) is 56.1 Å². The fraction of sp³-hybridized carbons (Fsp3) is 0.500. The molecule has 2 aliphatic heterocycles. The molecule has 2 aromatic carbocycles. The number of likely N-dealkylation sites (tertiary alicyclic amines) is 2. The maximum Gasteiger partial charge on any atom is 0.269 e. The number of rotatable bonds is 7. The zero-order chi connectivity index (χ0) is 34.6. The number of amides is 3. The Kier molecular flexibility index (Phi) is 20.4. The first-order chi connectivity index (χ1) is 21.9. The molecule has 5 N–H and O–H groups in total. The second-order valence-electron chi connectivity index (χ2n) is 10.6. The molecule has 0 spiro atoms. The summed E-state index contributed by atoms with van der Waals surface area (Å²) in [7, 11) is 3.84. The van der Waals surface area contributed by atoms with E-state index in [9.17, 15) is 19.2 Å². The maximum atomic E-state index is 11.9. The van der Waals surface area contributed by atoms with Gasteiger partial charge in [-0.2, -0.15) is 0 Å². The van der Waals surface area contributed by atoms with Crippen LogP contribution in [0, 0.1) is 0 Å². The summed E-state index contributed by atoms with van der Waals surface area (Å²) in [6.07, 6.45) is 3.83. The van der Waals surface area contributed by atoms with E-state index in [-0.39, 0.29) is 29.8 Å². The van der Waals surface area contributed by atoms with E-state index < -0.39 is 5.24 Å².